The van der Waals surface area contributed by atoms with Gasteiger partial charge in [-0.15, -0.1) is 23.2 Å². The van der Waals surface area contributed by atoms with Gasteiger partial charge in [0.15, 0.2) is 0 Å². The van der Waals surface area contributed by atoms with E-state index in [-0.39, 0.29) is 0 Å². The van der Waals surface area contributed by atoms with Crippen molar-refractivity contribution >= 4 is 41.1 Å². The lowest BCUT2D eigenvalue weighted by molar-refractivity contribution is -0.104. The van der Waals surface area contributed by atoms with Gasteiger partial charge < -0.3 is 4.74 Å². The molecule has 2 unspecified atom stereocenters. The molecule has 1 aliphatic carbocycles. The zero-order valence-corrected chi connectivity index (χ0v) is 10.2. The Morgan fingerprint density at radius 1 is 1.57 bits per heavy atom. The molecule has 1 aliphatic rings. The average molecular weight is 258 g/mol. The summed E-state index contributed by atoms with van der Waals surface area (Å²) in [4.78, 5) is 10.3. The fourth-order valence-corrected chi connectivity index (χ4v) is 2.67. The number of aldehydes is 1. The van der Waals surface area contributed by atoms with Crippen LogP contribution in [0.4, 0.5) is 0 Å². The van der Waals surface area contributed by atoms with Gasteiger partial charge in [-0.2, -0.15) is 0 Å². The van der Waals surface area contributed by atoms with E-state index in [1.54, 1.807) is 0 Å². The first-order chi connectivity index (χ1) is 6.39. The molecule has 0 aromatic carbocycles. The quantitative estimate of drug-likeness (QED) is 0.440. The van der Waals surface area contributed by atoms with Gasteiger partial charge in [-0.3, -0.25) is 4.79 Å². The van der Waals surface area contributed by atoms with Crippen LogP contribution in [-0.2, 0) is 9.53 Å². The summed E-state index contributed by atoms with van der Waals surface area (Å²) in [7, 11) is 1.51. The summed E-state index contributed by atoms with van der Waals surface area (Å²) in [6, 6.07) is 0. The first kappa shape index (κ1) is 12.3. The van der Waals surface area contributed by atoms with Crippen molar-refractivity contribution in [2.75, 3.05) is 7.11 Å². The first-order valence-electron chi connectivity index (χ1n) is 4.10. The van der Waals surface area contributed by atoms with Crippen molar-refractivity contribution in [1.29, 1.82) is 0 Å². The van der Waals surface area contributed by atoms with E-state index in [0.717, 1.165) is 0 Å². The van der Waals surface area contributed by atoms with E-state index in [1.165, 1.54) is 13.2 Å². The summed E-state index contributed by atoms with van der Waals surface area (Å²) < 4.78 is 4.38. The molecule has 2 atom stereocenters. The predicted octanol–water partition coefficient (Wildman–Crippen LogP) is 2.91. The number of rotatable bonds is 4. The normalized spacial score (nSPS) is 32.5. The average Bonchev–Trinajstić information content (AvgIpc) is 2.52. The van der Waals surface area contributed by atoms with Crippen LogP contribution in [0.25, 0.3) is 0 Å². The minimum Gasteiger partial charge on any atom is -0.375 e. The molecule has 0 bridgehead atoms. The van der Waals surface area contributed by atoms with Gasteiger partial charge in [-0.25, -0.2) is 0 Å². The van der Waals surface area contributed by atoms with Gasteiger partial charge in [0.05, 0.1) is 5.03 Å². The summed E-state index contributed by atoms with van der Waals surface area (Å²) in [6.45, 7) is 1.88. The van der Waals surface area contributed by atoms with Crippen LogP contribution in [0, 0.1) is 5.41 Å². The van der Waals surface area contributed by atoms with Crippen LogP contribution in [-0.4, -0.2) is 23.8 Å². The molecular formula is C9H11Cl3O2. The van der Waals surface area contributed by atoms with Crippen LogP contribution in [0.2, 0.25) is 0 Å². The van der Waals surface area contributed by atoms with E-state index in [0.29, 0.717) is 17.7 Å². The highest BCUT2D eigenvalue weighted by atomic mass is 35.5. The summed E-state index contributed by atoms with van der Waals surface area (Å²) in [5.74, 6) is 0. The number of ether oxygens (including phenoxy) is 1. The minimum absolute atomic E-state index is 0.327. The molecule has 0 aliphatic heterocycles. The summed E-state index contributed by atoms with van der Waals surface area (Å²) in [5.41, 5.74) is -0.415. The molecule has 0 N–H and O–H groups in total. The third-order valence-corrected chi connectivity index (χ3v) is 4.05. The second kappa shape index (κ2) is 4.01. The second-order valence-electron chi connectivity index (χ2n) is 3.60. The topological polar surface area (TPSA) is 26.3 Å². The van der Waals surface area contributed by atoms with Crippen molar-refractivity contribution in [3.63, 3.8) is 0 Å². The molecule has 0 radical (unpaired) electrons. The Labute approximate surface area is 98.1 Å². The van der Waals surface area contributed by atoms with E-state index in [4.69, 9.17) is 39.5 Å². The zero-order chi connectivity index (χ0) is 11.0. The first-order valence-corrected chi connectivity index (χ1v) is 5.24. The highest BCUT2D eigenvalue weighted by Gasteiger charge is 2.67. The van der Waals surface area contributed by atoms with Gasteiger partial charge in [-0.05, 0) is 12.5 Å². The summed E-state index contributed by atoms with van der Waals surface area (Å²) in [6.07, 6.45) is 2.04. The number of methoxy groups -OCH3 is 1. The Morgan fingerprint density at radius 3 is 2.36 bits per heavy atom. The number of hydrogen-bond donors (Lipinski definition) is 0. The van der Waals surface area contributed by atoms with Gasteiger partial charge in [0.1, 0.15) is 16.7 Å². The maximum absolute atomic E-state index is 10.3. The SMILES string of the molecule is COC(/C(Cl)=C/C=O)C1(C)CC1(Cl)Cl. The van der Waals surface area contributed by atoms with Crippen LogP contribution >= 0.6 is 34.8 Å². The molecule has 80 valence electrons. The lowest BCUT2D eigenvalue weighted by Crippen LogP contribution is -2.26. The smallest absolute Gasteiger partial charge is 0.144 e. The van der Waals surface area contributed by atoms with Crippen molar-refractivity contribution in [3.05, 3.63) is 11.1 Å². The lowest BCUT2D eigenvalue weighted by atomic mass is 10.0. The van der Waals surface area contributed by atoms with Gasteiger partial charge in [0.25, 0.3) is 0 Å². The lowest BCUT2D eigenvalue weighted by Gasteiger charge is -2.23. The Kier molecular flexibility index (Phi) is 3.53. The molecular weight excluding hydrogens is 246 g/mol. The number of hydrogen-bond acceptors (Lipinski definition) is 2. The third-order valence-electron chi connectivity index (χ3n) is 2.59. The highest BCUT2D eigenvalue weighted by molar-refractivity contribution is 6.51. The van der Waals surface area contributed by atoms with Crippen LogP contribution in [0.1, 0.15) is 13.3 Å². The molecule has 0 amide bonds. The number of carbonyl (C=O) groups is 1. The fraction of sp³-hybridized carbons (Fsp3) is 0.667. The van der Waals surface area contributed by atoms with E-state index >= 15 is 0 Å². The number of allylic oxidation sites excluding steroid dienone is 1. The Hall–Kier alpha value is 0.240. The third kappa shape index (κ3) is 1.94. The van der Waals surface area contributed by atoms with Gasteiger partial charge in [0.2, 0.25) is 0 Å². The molecule has 0 aromatic heterocycles. The molecule has 2 nitrogen and oxygen atoms in total. The van der Waals surface area contributed by atoms with Gasteiger partial charge in [-0.1, -0.05) is 18.5 Å². The molecule has 5 heteroatoms. The maximum Gasteiger partial charge on any atom is 0.144 e. The monoisotopic (exact) mass is 256 g/mol. The Morgan fingerprint density at radius 2 is 2.07 bits per heavy atom. The van der Waals surface area contributed by atoms with Crippen LogP contribution in [0.3, 0.4) is 0 Å². The molecule has 1 saturated carbocycles. The molecule has 0 aromatic rings. The summed E-state index contributed by atoms with van der Waals surface area (Å²) in [5, 5.41) is 0.327. The Bertz CT molecular complexity index is 275. The number of carbonyl (C=O) groups excluding carboxylic acids is 1. The van der Waals surface area contributed by atoms with Crippen molar-refractivity contribution in [2.24, 2.45) is 5.41 Å². The van der Waals surface area contributed by atoms with Crippen molar-refractivity contribution in [2.45, 2.75) is 23.8 Å². The molecule has 0 saturated heterocycles. The van der Waals surface area contributed by atoms with E-state index < -0.39 is 15.9 Å². The Balaban J connectivity index is 2.84. The molecule has 0 spiro atoms. The molecule has 1 rings (SSSR count). The van der Waals surface area contributed by atoms with E-state index in [1.807, 2.05) is 6.92 Å². The van der Waals surface area contributed by atoms with E-state index in [2.05, 4.69) is 0 Å². The van der Waals surface area contributed by atoms with Crippen LogP contribution in [0.5, 0.6) is 0 Å². The molecule has 14 heavy (non-hydrogen) atoms. The van der Waals surface area contributed by atoms with Crippen LogP contribution in [0.15, 0.2) is 11.1 Å². The fourth-order valence-electron chi connectivity index (χ4n) is 1.53. The minimum atomic E-state index is -0.815. The van der Waals surface area contributed by atoms with Gasteiger partial charge in [0, 0.05) is 12.5 Å². The van der Waals surface area contributed by atoms with Crippen molar-refractivity contribution in [3.8, 4) is 0 Å². The van der Waals surface area contributed by atoms with Crippen molar-refractivity contribution in [1.82, 2.24) is 0 Å². The number of alkyl halides is 2. The maximum atomic E-state index is 10.3. The largest absolute Gasteiger partial charge is 0.375 e. The van der Waals surface area contributed by atoms with E-state index in [9.17, 15) is 4.79 Å². The molecule has 1 fully saturated rings. The standard InChI is InChI=1S/C9H11Cl3O2/c1-8(5-9(8,11)12)7(14-2)6(10)3-4-13/h3-4,7H,5H2,1-2H3/b6-3-. The highest BCUT2D eigenvalue weighted by Crippen LogP contribution is 2.67. The summed E-state index contributed by atoms with van der Waals surface area (Å²) >= 11 is 17.8. The van der Waals surface area contributed by atoms with Crippen molar-refractivity contribution < 1.29 is 9.53 Å². The second-order valence-corrected chi connectivity index (χ2v) is 5.52. The molecule has 0 heterocycles. The zero-order valence-electron chi connectivity index (χ0n) is 7.89. The van der Waals surface area contributed by atoms with Crippen LogP contribution < -0.4 is 0 Å². The number of halogens is 3. The predicted molar refractivity (Wildman–Crippen MR) is 58.0 cm³/mol. The van der Waals surface area contributed by atoms with Gasteiger partial charge >= 0.3 is 0 Å².